The topological polar surface area (TPSA) is 35.2 Å². The molecule has 84 valence electrons. The number of benzene rings is 1. The van der Waals surface area contributed by atoms with Gasteiger partial charge in [-0.15, -0.1) is 0 Å². The van der Waals surface area contributed by atoms with Crippen molar-refractivity contribution in [3.8, 4) is 5.75 Å². The van der Waals surface area contributed by atoms with Gasteiger partial charge in [0.05, 0.1) is 16.8 Å². The standard InChI is InChI=1S/C11H15ClFNO/c1-6(2)7(3)15-11-4-8(12)9(13)5-10(11)14/h4-7H,14H2,1-3H3. The quantitative estimate of drug-likeness (QED) is 0.809. The van der Waals surface area contributed by atoms with Crippen LogP contribution in [0.2, 0.25) is 5.02 Å². The molecule has 0 heterocycles. The Morgan fingerprint density at radius 2 is 1.93 bits per heavy atom. The minimum atomic E-state index is -0.529. The molecule has 0 fully saturated rings. The first-order valence-corrected chi connectivity index (χ1v) is 5.20. The van der Waals surface area contributed by atoms with Crippen LogP contribution in [0.4, 0.5) is 10.1 Å². The molecule has 2 N–H and O–H groups in total. The lowest BCUT2D eigenvalue weighted by Gasteiger charge is -2.19. The van der Waals surface area contributed by atoms with Gasteiger partial charge in [0.1, 0.15) is 11.6 Å². The van der Waals surface area contributed by atoms with Crippen molar-refractivity contribution in [1.29, 1.82) is 0 Å². The average molecular weight is 232 g/mol. The number of ether oxygens (including phenoxy) is 1. The lowest BCUT2D eigenvalue weighted by molar-refractivity contribution is 0.171. The highest BCUT2D eigenvalue weighted by atomic mass is 35.5. The Hall–Kier alpha value is -0.960. The summed E-state index contributed by atoms with van der Waals surface area (Å²) in [5.74, 6) is 0.259. The maximum absolute atomic E-state index is 13.0. The highest BCUT2D eigenvalue weighted by Crippen LogP contribution is 2.29. The molecule has 0 aromatic heterocycles. The minimum absolute atomic E-state index is 0.00817. The number of hydrogen-bond acceptors (Lipinski definition) is 2. The van der Waals surface area contributed by atoms with Crippen LogP contribution >= 0.6 is 11.6 Å². The van der Waals surface area contributed by atoms with E-state index in [9.17, 15) is 4.39 Å². The smallest absolute Gasteiger partial charge is 0.144 e. The molecule has 0 amide bonds. The summed E-state index contributed by atoms with van der Waals surface area (Å²) in [6.07, 6.45) is 0.00817. The van der Waals surface area contributed by atoms with Crippen molar-refractivity contribution in [3.05, 3.63) is 23.0 Å². The van der Waals surface area contributed by atoms with Crippen LogP contribution in [0, 0.1) is 11.7 Å². The molecule has 0 saturated heterocycles. The summed E-state index contributed by atoms with van der Waals surface area (Å²) in [6, 6.07) is 2.58. The largest absolute Gasteiger partial charge is 0.488 e. The molecule has 1 rings (SSSR count). The third-order valence-electron chi connectivity index (χ3n) is 2.30. The number of hydrogen-bond donors (Lipinski definition) is 1. The first-order chi connectivity index (χ1) is 6.91. The number of rotatable bonds is 3. The Kier molecular flexibility index (Phi) is 3.80. The van der Waals surface area contributed by atoms with Crippen LogP contribution in [0.25, 0.3) is 0 Å². The van der Waals surface area contributed by atoms with Crippen molar-refractivity contribution >= 4 is 17.3 Å². The zero-order chi connectivity index (χ0) is 11.6. The third-order valence-corrected chi connectivity index (χ3v) is 2.59. The Morgan fingerprint density at radius 3 is 2.47 bits per heavy atom. The fourth-order valence-electron chi connectivity index (χ4n) is 0.982. The van der Waals surface area contributed by atoms with E-state index in [2.05, 4.69) is 0 Å². The van der Waals surface area contributed by atoms with Crippen LogP contribution in [0.1, 0.15) is 20.8 Å². The molecule has 2 nitrogen and oxygen atoms in total. The molecule has 1 aromatic carbocycles. The summed E-state index contributed by atoms with van der Waals surface area (Å²) in [4.78, 5) is 0. The van der Waals surface area contributed by atoms with Crippen LogP contribution in [0.3, 0.4) is 0 Å². The molecule has 0 bridgehead atoms. The molecule has 0 saturated carbocycles. The zero-order valence-corrected chi connectivity index (χ0v) is 9.81. The molecule has 1 atom stereocenters. The van der Waals surface area contributed by atoms with E-state index in [1.807, 2.05) is 20.8 Å². The van der Waals surface area contributed by atoms with Crippen LogP contribution in [-0.4, -0.2) is 6.10 Å². The molecule has 0 radical (unpaired) electrons. The highest BCUT2D eigenvalue weighted by molar-refractivity contribution is 6.31. The lowest BCUT2D eigenvalue weighted by atomic mass is 10.1. The zero-order valence-electron chi connectivity index (χ0n) is 9.05. The monoisotopic (exact) mass is 231 g/mol. The number of nitrogens with two attached hydrogens (primary N) is 1. The van der Waals surface area contributed by atoms with Gasteiger partial charge in [0.2, 0.25) is 0 Å². The number of halogens is 2. The molecule has 15 heavy (non-hydrogen) atoms. The molecule has 4 heteroatoms. The van der Waals surface area contributed by atoms with Gasteiger partial charge < -0.3 is 10.5 Å². The van der Waals surface area contributed by atoms with Crippen LogP contribution < -0.4 is 10.5 Å². The molecule has 0 spiro atoms. The second-order valence-corrected chi connectivity index (χ2v) is 4.28. The summed E-state index contributed by atoms with van der Waals surface area (Å²) in [5.41, 5.74) is 5.88. The van der Waals surface area contributed by atoms with Crippen molar-refractivity contribution in [2.24, 2.45) is 5.92 Å². The summed E-state index contributed by atoms with van der Waals surface area (Å²) >= 11 is 5.64. The number of anilines is 1. The predicted molar refractivity (Wildman–Crippen MR) is 60.8 cm³/mol. The predicted octanol–water partition coefficient (Wildman–Crippen LogP) is 3.48. The second-order valence-electron chi connectivity index (χ2n) is 3.87. The maximum atomic E-state index is 13.0. The van der Waals surface area contributed by atoms with Gasteiger partial charge in [-0.25, -0.2) is 4.39 Å². The van der Waals surface area contributed by atoms with Crippen LogP contribution in [-0.2, 0) is 0 Å². The van der Waals surface area contributed by atoms with E-state index in [1.165, 1.54) is 12.1 Å². The van der Waals surface area contributed by atoms with E-state index in [0.29, 0.717) is 11.7 Å². The first kappa shape index (κ1) is 12.1. The Bertz CT molecular complexity index is 355. The van der Waals surface area contributed by atoms with Crippen molar-refractivity contribution in [2.45, 2.75) is 26.9 Å². The molecular formula is C11H15ClFNO. The van der Waals surface area contributed by atoms with E-state index in [1.54, 1.807) is 0 Å². The van der Waals surface area contributed by atoms with Gasteiger partial charge in [0, 0.05) is 12.1 Å². The Balaban J connectivity index is 2.91. The van der Waals surface area contributed by atoms with Crippen molar-refractivity contribution in [2.75, 3.05) is 5.73 Å². The van der Waals surface area contributed by atoms with Gasteiger partial charge in [-0.3, -0.25) is 0 Å². The maximum Gasteiger partial charge on any atom is 0.144 e. The fraction of sp³-hybridized carbons (Fsp3) is 0.455. The van der Waals surface area contributed by atoms with E-state index in [4.69, 9.17) is 22.1 Å². The first-order valence-electron chi connectivity index (χ1n) is 4.83. The fourth-order valence-corrected chi connectivity index (χ4v) is 1.14. The van der Waals surface area contributed by atoms with Gasteiger partial charge in [-0.05, 0) is 12.8 Å². The van der Waals surface area contributed by atoms with E-state index in [0.717, 1.165) is 0 Å². The molecule has 0 aliphatic rings. The molecule has 0 aliphatic heterocycles. The Labute approximate surface area is 94.2 Å². The van der Waals surface area contributed by atoms with Gasteiger partial charge in [0.25, 0.3) is 0 Å². The van der Waals surface area contributed by atoms with E-state index in [-0.39, 0.29) is 16.8 Å². The number of nitrogen functional groups attached to an aromatic ring is 1. The normalized spacial score (nSPS) is 12.9. The van der Waals surface area contributed by atoms with Crippen LogP contribution in [0.15, 0.2) is 12.1 Å². The van der Waals surface area contributed by atoms with Crippen molar-refractivity contribution in [1.82, 2.24) is 0 Å². The SMILES string of the molecule is CC(C)C(C)Oc1cc(Cl)c(F)cc1N. The second kappa shape index (κ2) is 4.71. The highest BCUT2D eigenvalue weighted by Gasteiger charge is 2.13. The van der Waals surface area contributed by atoms with Gasteiger partial charge in [0.15, 0.2) is 0 Å². The third kappa shape index (κ3) is 2.99. The Morgan fingerprint density at radius 1 is 1.33 bits per heavy atom. The van der Waals surface area contributed by atoms with Gasteiger partial charge >= 0.3 is 0 Å². The summed E-state index contributed by atoms with van der Waals surface area (Å²) in [5, 5.41) is 0.0233. The van der Waals surface area contributed by atoms with E-state index >= 15 is 0 Å². The van der Waals surface area contributed by atoms with Gasteiger partial charge in [-0.2, -0.15) is 0 Å². The van der Waals surface area contributed by atoms with E-state index < -0.39 is 5.82 Å². The summed E-state index contributed by atoms with van der Waals surface area (Å²) in [6.45, 7) is 6.00. The molecular weight excluding hydrogens is 217 g/mol. The van der Waals surface area contributed by atoms with Gasteiger partial charge in [-0.1, -0.05) is 25.4 Å². The molecule has 1 aromatic rings. The van der Waals surface area contributed by atoms with Crippen LogP contribution in [0.5, 0.6) is 5.75 Å². The lowest BCUT2D eigenvalue weighted by Crippen LogP contribution is -2.19. The van der Waals surface area contributed by atoms with Crippen molar-refractivity contribution < 1.29 is 9.13 Å². The molecule has 1 unspecified atom stereocenters. The van der Waals surface area contributed by atoms with Crippen molar-refractivity contribution in [3.63, 3.8) is 0 Å². The minimum Gasteiger partial charge on any atom is -0.488 e. The summed E-state index contributed by atoms with van der Waals surface area (Å²) in [7, 11) is 0. The summed E-state index contributed by atoms with van der Waals surface area (Å²) < 4.78 is 18.6. The molecule has 0 aliphatic carbocycles. The average Bonchev–Trinajstić information content (AvgIpc) is 2.13.